The molecular formula is C29H35N7O. The molecule has 37 heavy (non-hydrogen) atoms. The molecule has 4 heterocycles. The molecule has 1 aromatic carbocycles. The number of likely N-dealkylation sites (N-methyl/N-ethyl adjacent to an activating group) is 1. The summed E-state index contributed by atoms with van der Waals surface area (Å²) in [5.41, 5.74) is 3.85. The lowest BCUT2D eigenvalue weighted by Gasteiger charge is -2.35. The molecule has 0 atom stereocenters. The van der Waals surface area contributed by atoms with Gasteiger partial charge in [0.1, 0.15) is 11.4 Å². The third-order valence-corrected chi connectivity index (χ3v) is 7.46. The zero-order valence-electron chi connectivity index (χ0n) is 21.9. The minimum Gasteiger partial charge on any atom is -0.384 e. The molecule has 6 rings (SSSR count). The van der Waals surface area contributed by atoms with Gasteiger partial charge in [-0.15, -0.1) is 0 Å². The van der Waals surface area contributed by atoms with Crippen LogP contribution in [0.15, 0.2) is 54.7 Å². The van der Waals surface area contributed by atoms with E-state index in [0.29, 0.717) is 17.6 Å². The van der Waals surface area contributed by atoms with Gasteiger partial charge in [0.05, 0.1) is 5.69 Å². The van der Waals surface area contributed by atoms with E-state index in [0.717, 1.165) is 55.3 Å². The highest BCUT2D eigenvalue weighted by molar-refractivity contribution is 5.80. The first-order valence-corrected chi connectivity index (χ1v) is 13.3. The summed E-state index contributed by atoms with van der Waals surface area (Å²) in [5, 5.41) is 14.9. The van der Waals surface area contributed by atoms with Crippen molar-refractivity contribution in [1.82, 2.24) is 24.4 Å². The van der Waals surface area contributed by atoms with Gasteiger partial charge in [-0.2, -0.15) is 4.98 Å². The lowest BCUT2D eigenvalue weighted by Crippen LogP contribution is -2.46. The normalized spacial score (nSPS) is 16.9. The van der Waals surface area contributed by atoms with Gasteiger partial charge in [-0.3, -0.25) is 4.57 Å². The number of nitrogens with one attached hydrogen (secondary N) is 1. The van der Waals surface area contributed by atoms with Crippen LogP contribution in [-0.4, -0.2) is 62.2 Å². The molecule has 1 aliphatic carbocycles. The number of hydrogen-bond donors (Lipinski definition) is 2. The topological polar surface area (TPSA) is 82.3 Å². The summed E-state index contributed by atoms with van der Waals surface area (Å²) in [6.45, 7) is 11.2. The molecule has 0 unspecified atom stereocenters. The maximum Gasteiger partial charge on any atom is 0.229 e. The Kier molecular flexibility index (Phi) is 6.09. The smallest absolute Gasteiger partial charge is 0.229 e. The van der Waals surface area contributed by atoms with Crippen molar-refractivity contribution >= 4 is 28.4 Å². The van der Waals surface area contributed by atoms with Crippen LogP contribution < -0.4 is 10.2 Å². The Morgan fingerprint density at radius 2 is 1.76 bits per heavy atom. The fraction of sp³-hybridized carbons (Fsp3) is 0.414. The predicted molar refractivity (Wildman–Crippen MR) is 148 cm³/mol. The zero-order valence-corrected chi connectivity index (χ0v) is 21.9. The summed E-state index contributed by atoms with van der Waals surface area (Å²) in [5.74, 6) is 1.83. The lowest BCUT2D eigenvalue weighted by molar-refractivity contribution is 0.0738. The molecule has 1 saturated heterocycles. The number of aliphatic hydroxyl groups is 1. The van der Waals surface area contributed by atoms with E-state index < -0.39 is 5.60 Å². The lowest BCUT2D eigenvalue weighted by atomic mass is 10.1. The van der Waals surface area contributed by atoms with Crippen LogP contribution >= 0.6 is 0 Å². The maximum absolute atomic E-state index is 10.5. The number of aromatic nitrogens is 4. The fourth-order valence-electron chi connectivity index (χ4n) is 5.09. The second-order valence-corrected chi connectivity index (χ2v) is 10.7. The van der Waals surface area contributed by atoms with Crippen molar-refractivity contribution in [2.75, 3.05) is 42.9 Å². The molecule has 2 N–H and O–H groups in total. The van der Waals surface area contributed by atoms with Gasteiger partial charge in [-0.1, -0.05) is 13.0 Å². The van der Waals surface area contributed by atoms with Crippen molar-refractivity contribution in [2.45, 2.75) is 45.1 Å². The van der Waals surface area contributed by atoms with E-state index in [2.05, 4.69) is 61.9 Å². The van der Waals surface area contributed by atoms with Gasteiger partial charge in [0.15, 0.2) is 5.65 Å². The summed E-state index contributed by atoms with van der Waals surface area (Å²) in [6, 6.07) is 16.5. The summed E-state index contributed by atoms with van der Waals surface area (Å²) < 4.78 is 2.13. The average molecular weight is 498 g/mol. The number of rotatable bonds is 7. The summed E-state index contributed by atoms with van der Waals surface area (Å²) in [4.78, 5) is 19.3. The van der Waals surface area contributed by atoms with Crippen LogP contribution in [-0.2, 0) is 5.60 Å². The van der Waals surface area contributed by atoms with Gasteiger partial charge in [0, 0.05) is 54.8 Å². The fourth-order valence-corrected chi connectivity index (χ4v) is 5.09. The molecule has 0 spiro atoms. The molecule has 1 aliphatic heterocycles. The van der Waals surface area contributed by atoms with Crippen molar-refractivity contribution in [3.8, 4) is 5.82 Å². The van der Waals surface area contributed by atoms with Crippen LogP contribution in [0.3, 0.4) is 0 Å². The van der Waals surface area contributed by atoms with Gasteiger partial charge in [-0.05, 0) is 81.6 Å². The van der Waals surface area contributed by atoms with Crippen LogP contribution in [0.25, 0.3) is 16.9 Å². The molecule has 2 aliphatic rings. The molecule has 4 aromatic rings. The molecule has 0 bridgehead atoms. The standard InChI is InChI=1S/C29H35N7O/c1-4-34-14-16-35(17-15-34)23-12-10-22(11-13-23)31-28-30-19-21-18-24(20-8-9-20)36(27(21)33-28)26-7-5-6-25(32-26)29(2,3)37/h5-7,10-13,18-20,37H,4,8-9,14-17H2,1-3H3,(H,30,31,33). The van der Waals surface area contributed by atoms with Crippen LogP contribution in [0.1, 0.15) is 50.9 Å². The highest BCUT2D eigenvalue weighted by Gasteiger charge is 2.30. The second-order valence-electron chi connectivity index (χ2n) is 10.7. The van der Waals surface area contributed by atoms with E-state index in [1.807, 2.05) is 24.4 Å². The van der Waals surface area contributed by atoms with E-state index in [-0.39, 0.29) is 0 Å². The van der Waals surface area contributed by atoms with Crippen molar-refractivity contribution in [2.24, 2.45) is 0 Å². The number of fused-ring (bicyclic) bond motifs is 1. The monoisotopic (exact) mass is 497 g/mol. The molecule has 0 amide bonds. The van der Waals surface area contributed by atoms with Gasteiger partial charge in [-0.25, -0.2) is 9.97 Å². The summed E-state index contributed by atoms with van der Waals surface area (Å²) in [7, 11) is 0. The molecule has 2 fully saturated rings. The first-order chi connectivity index (χ1) is 17.9. The Balaban J connectivity index is 1.28. The zero-order chi connectivity index (χ0) is 25.6. The highest BCUT2D eigenvalue weighted by Crippen LogP contribution is 2.43. The van der Waals surface area contributed by atoms with Crippen molar-refractivity contribution in [3.63, 3.8) is 0 Å². The van der Waals surface area contributed by atoms with Gasteiger partial charge in [0.2, 0.25) is 5.95 Å². The number of nitrogens with zero attached hydrogens (tertiary/aromatic N) is 6. The van der Waals surface area contributed by atoms with Gasteiger partial charge < -0.3 is 20.2 Å². The average Bonchev–Trinajstić information content (AvgIpc) is 3.69. The van der Waals surface area contributed by atoms with Crippen LogP contribution in [0.4, 0.5) is 17.3 Å². The van der Waals surface area contributed by atoms with E-state index in [4.69, 9.17) is 9.97 Å². The molecule has 8 nitrogen and oxygen atoms in total. The van der Waals surface area contributed by atoms with E-state index >= 15 is 0 Å². The number of pyridine rings is 1. The molecular weight excluding hydrogens is 462 g/mol. The number of hydrogen-bond acceptors (Lipinski definition) is 7. The molecule has 3 aromatic heterocycles. The van der Waals surface area contributed by atoms with Crippen LogP contribution in [0.2, 0.25) is 0 Å². The molecule has 8 heteroatoms. The quantitative estimate of drug-likeness (QED) is 0.379. The first kappa shape index (κ1) is 23.9. The summed E-state index contributed by atoms with van der Waals surface area (Å²) in [6.07, 6.45) is 4.22. The predicted octanol–water partition coefficient (Wildman–Crippen LogP) is 4.81. The number of piperazine rings is 1. The first-order valence-electron chi connectivity index (χ1n) is 13.3. The second kappa shape index (κ2) is 9.43. The van der Waals surface area contributed by atoms with Crippen LogP contribution in [0, 0.1) is 0 Å². The molecule has 1 saturated carbocycles. The largest absolute Gasteiger partial charge is 0.384 e. The Morgan fingerprint density at radius 3 is 2.43 bits per heavy atom. The highest BCUT2D eigenvalue weighted by atomic mass is 16.3. The summed E-state index contributed by atoms with van der Waals surface area (Å²) >= 11 is 0. The Bertz CT molecular complexity index is 1390. The van der Waals surface area contributed by atoms with E-state index in [1.54, 1.807) is 13.8 Å². The Hall–Kier alpha value is -3.49. The van der Waals surface area contributed by atoms with E-state index in [9.17, 15) is 5.11 Å². The minimum atomic E-state index is -1.02. The Labute approximate surface area is 218 Å². The Morgan fingerprint density at radius 1 is 1.00 bits per heavy atom. The van der Waals surface area contributed by atoms with Crippen LogP contribution in [0.5, 0.6) is 0 Å². The minimum absolute atomic E-state index is 0.505. The number of anilines is 3. The maximum atomic E-state index is 10.5. The van der Waals surface area contributed by atoms with E-state index in [1.165, 1.54) is 24.2 Å². The molecule has 0 radical (unpaired) electrons. The van der Waals surface area contributed by atoms with Gasteiger partial charge >= 0.3 is 0 Å². The van der Waals surface area contributed by atoms with Crippen molar-refractivity contribution < 1.29 is 5.11 Å². The number of benzene rings is 1. The van der Waals surface area contributed by atoms with Crippen molar-refractivity contribution in [3.05, 3.63) is 66.1 Å². The molecule has 192 valence electrons. The van der Waals surface area contributed by atoms with Crippen molar-refractivity contribution in [1.29, 1.82) is 0 Å². The van der Waals surface area contributed by atoms with Gasteiger partial charge in [0.25, 0.3) is 0 Å². The SMILES string of the molecule is CCN1CCN(c2ccc(Nc3ncc4cc(C5CC5)n(-c5cccc(C(C)(C)O)n5)c4n3)cc2)CC1. The third kappa shape index (κ3) is 4.91. The third-order valence-electron chi connectivity index (χ3n) is 7.46.